The number of rotatable bonds is 0. The Bertz CT molecular complexity index is 82.6. The van der Waals surface area contributed by atoms with Crippen molar-refractivity contribution in [3.05, 3.63) is 0 Å². The molecule has 9 N–H and O–H groups in total. The smallest absolute Gasteiger partial charge is 0.299 e. The molecule has 0 rings (SSSR count). The molecule has 0 spiro atoms. The lowest BCUT2D eigenvalue weighted by molar-refractivity contribution is 0.102. The molecule has 0 atom stereocenters. The Labute approximate surface area is 69.3 Å². The minimum Gasteiger partial charge on any atom is -0.391 e. The maximum atomic E-state index is 8.67. The predicted molar refractivity (Wildman–Crippen MR) is 45.4 cm³/mol. The minimum atomic E-state index is -2.61. The van der Waals surface area contributed by atoms with E-state index in [1.165, 1.54) is 0 Å². The van der Waals surface area contributed by atoms with E-state index in [0.717, 1.165) is 0 Å². The molecule has 0 radical (unpaired) electrons. The van der Waals surface area contributed by atoms with Crippen molar-refractivity contribution in [3.8, 4) is 0 Å². The van der Waals surface area contributed by atoms with Crippen LogP contribution in [0.5, 0.6) is 0 Å². The van der Waals surface area contributed by atoms with E-state index in [4.69, 9.17) is 18.4 Å². The average Bonchev–Trinajstić information content (AvgIpc) is 1.19. The highest BCUT2D eigenvalue weighted by atomic mass is 32.2. The first-order chi connectivity index (χ1) is 3.73. The largest absolute Gasteiger partial charge is 0.391 e. The fraction of sp³-hybridized carbons (Fsp3) is 1.00. The first-order valence-electron chi connectivity index (χ1n) is 2.26. The fourth-order valence-corrected chi connectivity index (χ4v) is 0. The van der Waals surface area contributed by atoms with E-state index < -0.39 is 17.0 Å². The molecular formula is C4H18N2O4S. The van der Waals surface area contributed by atoms with Crippen LogP contribution in [0.15, 0.2) is 0 Å². The monoisotopic (exact) mass is 190 g/mol. The summed E-state index contributed by atoms with van der Waals surface area (Å²) in [5.74, 6) is 0. The van der Waals surface area contributed by atoms with Crippen LogP contribution in [-0.4, -0.2) is 24.0 Å². The summed E-state index contributed by atoms with van der Waals surface area (Å²) >= 11 is -2.61. The lowest BCUT2D eigenvalue weighted by Gasteiger charge is -2.04. The van der Waals surface area contributed by atoms with Gasteiger partial charge >= 0.3 is 0 Å². The first-order valence-corrected chi connectivity index (χ1v) is 3.32. The van der Waals surface area contributed by atoms with Crippen LogP contribution in [0.3, 0.4) is 0 Å². The Morgan fingerprint density at radius 3 is 1.09 bits per heavy atom. The minimum absolute atomic E-state index is 0. The molecule has 11 heavy (non-hydrogen) atoms. The van der Waals surface area contributed by atoms with Crippen LogP contribution in [-0.2, 0) is 11.4 Å². The van der Waals surface area contributed by atoms with Crippen molar-refractivity contribution in [3.63, 3.8) is 0 Å². The van der Waals surface area contributed by atoms with Crippen LogP contribution in [0, 0.1) is 0 Å². The summed E-state index contributed by atoms with van der Waals surface area (Å²) in [5.41, 5.74) is -0.500. The molecule has 6 nitrogen and oxygen atoms in total. The second-order valence-corrected chi connectivity index (χ2v) is 2.86. The number of hydrogen-bond acceptors (Lipinski definition) is 4. The maximum absolute atomic E-state index is 8.67. The SMILES string of the molecule is CC(C)(C)O.N.N.O=S(O)O. The third-order valence-corrected chi connectivity index (χ3v) is 0. The molecule has 0 aromatic rings. The molecule has 0 heterocycles. The van der Waals surface area contributed by atoms with Gasteiger partial charge in [0, 0.05) is 0 Å². The molecule has 0 aliphatic heterocycles. The topological polar surface area (TPSA) is 148 Å². The van der Waals surface area contributed by atoms with Crippen molar-refractivity contribution >= 4 is 11.4 Å². The summed E-state index contributed by atoms with van der Waals surface area (Å²) < 4.78 is 22.8. The molecule has 0 fully saturated rings. The Kier molecular flexibility index (Phi) is 20.3. The summed E-state index contributed by atoms with van der Waals surface area (Å²) in [6.07, 6.45) is 0. The Hall–Kier alpha value is -0.0500. The van der Waals surface area contributed by atoms with Gasteiger partial charge in [-0.05, 0) is 20.8 Å². The summed E-state index contributed by atoms with van der Waals surface area (Å²) in [6.45, 7) is 5.23. The van der Waals surface area contributed by atoms with Crippen molar-refractivity contribution < 1.29 is 18.4 Å². The van der Waals surface area contributed by atoms with E-state index >= 15 is 0 Å². The number of aliphatic hydroxyl groups is 1. The van der Waals surface area contributed by atoms with Crippen LogP contribution in [0.4, 0.5) is 0 Å². The quantitative estimate of drug-likeness (QED) is 0.356. The molecule has 74 valence electrons. The zero-order chi connectivity index (χ0) is 8.08. The van der Waals surface area contributed by atoms with Crippen LogP contribution < -0.4 is 12.3 Å². The van der Waals surface area contributed by atoms with Crippen LogP contribution in [0.2, 0.25) is 0 Å². The van der Waals surface area contributed by atoms with Gasteiger partial charge in [0.2, 0.25) is 0 Å². The van der Waals surface area contributed by atoms with Crippen molar-refractivity contribution in [2.75, 3.05) is 0 Å². The first kappa shape index (κ1) is 22.4. The summed E-state index contributed by atoms with van der Waals surface area (Å²) in [6, 6.07) is 0. The Morgan fingerprint density at radius 1 is 1.09 bits per heavy atom. The maximum Gasteiger partial charge on any atom is 0.299 e. The van der Waals surface area contributed by atoms with Gasteiger partial charge < -0.3 is 17.4 Å². The Morgan fingerprint density at radius 2 is 1.09 bits per heavy atom. The van der Waals surface area contributed by atoms with Gasteiger partial charge in [0.25, 0.3) is 11.4 Å². The zero-order valence-corrected chi connectivity index (χ0v) is 7.89. The highest BCUT2D eigenvalue weighted by Crippen LogP contribution is 1.93. The highest BCUT2D eigenvalue weighted by Gasteiger charge is 1.97. The summed E-state index contributed by atoms with van der Waals surface area (Å²) in [7, 11) is 0. The lowest BCUT2D eigenvalue weighted by Crippen LogP contribution is -2.10. The second kappa shape index (κ2) is 9.95. The van der Waals surface area contributed by atoms with Gasteiger partial charge in [0.15, 0.2) is 0 Å². The molecule has 0 saturated heterocycles. The van der Waals surface area contributed by atoms with E-state index in [9.17, 15) is 0 Å². The lowest BCUT2D eigenvalue weighted by atomic mass is 10.2. The van der Waals surface area contributed by atoms with E-state index in [1.54, 1.807) is 20.8 Å². The number of hydrogen-bond donors (Lipinski definition) is 5. The molecule has 0 amide bonds. The van der Waals surface area contributed by atoms with Crippen molar-refractivity contribution in [2.24, 2.45) is 0 Å². The fourth-order valence-electron chi connectivity index (χ4n) is 0. The van der Waals surface area contributed by atoms with Gasteiger partial charge in [-0.1, -0.05) is 0 Å². The molecule has 0 bridgehead atoms. The van der Waals surface area contributed by atoms with Crippen molar-refractivity contribution in [2.45, 2.75) is 26.4 Å². The molecule has 7 heteroatoms. The third kappa shape index (κ3) is 252000. The molecular weight excluding hydrogens is 172 g/mol. The molecule has 0 aromatic carbocycles. The normalized spacial score (nSPS) is 8.64. The van der Waals surface area contributed by atoms with E-state index in [2.05, 4.69) is 0 Å². The van der Waals surface area contributed by atoms with Crippen molar-refractivity contribution in [1.29, 1.82) is 0 Å². The summed E-state index contributed by atoms with van der Waals surface area (Å²) in [5, 5.41) is 8.52. The molecule has 0 aliphatic rings. The van der Waals surface area contributed by atoms with Crippen LogP contribution >= 0.6 is 0 Å². The van der Waals surface area contributed by atoms with Gasteiger partial charge in [0.1, 0.15) is 0 Å². The average molecular weight is 190 g/mol. The van der Waals surface area contributed by atoms with Gasteiger partial charge in [-0.25, -0.2) is 0 Å². The predicted octanol–water partition coefficient (Wildman–Crippen LogP) is 0.782. The van der Waals surface area contributed by atoms with E-state index in [1.807, 2.05) is 0 Å². The Balaban J connectivity index is -0.0000000383. The molecule has 0 aliphatic carbocycles. The zero-order valence-electron chi connectivity index (χ0n) is 7.07. The van der Waals surface area contributed by atoms with E-state index in [0.29, 0.717) is 0 Å². The molecule has 0 aromatic heterocycles. The van der Waals surface area contributed by atoms with Crippen LogP contribution in [0.1, 0.15) is 20.8 Å². The van der Waals surface area contributed by atoms with Crippen LogP contribution in [0.25, 0.3) is 0 Å². The standard InChI is InChI=1S/C4H10O.2H3N.H2O3S/c1-4(2,3)5;;;1-4(2)3/h5H,1-3H3;2*1H3;(H2,1,2,3). The highest BCUT2D eigenvalue weighted by molar-refractivity contribution is 7.73. The van der Waals surface area contributed by atoms with Gasteiger partial charge in [-0.3, -0.25) is 9.11 Å². The van der Waals surface area contributed by atoms with E-state index in [-0.39, 0.29) is 12.3 Å². The van der Waals surface area contributed by atoms with Gasteiger partial charge in [-0.15, -0.1) is 0 Å². The third-order valence-electron chi connectivity index (χ3n) is 0. The summed E-state index contributed by atoms with van der Waals surface area (Å²) in [4.78, 5) is 0. The molecule has 0 saturated carbocycles. The second-order valence-electron chi connectivity index (χ2n) is 2.40. The van der Waals surface area contributed by atoms with Crippen molar-refractivity contribution in [1.82, 2.24) is 12.3 Å². The molecule has 0 unspecified atom stereocenters. The van der Waals surface area contributed by atoms with Gasteiger partial charge in [0.05, 0.1) is 5.60 Å². The van der Waals surface area contributed by atoms with Gasteiger partial charge in [-0.2, -0.15) is 4.21 Å².